The number of alkyl halides is 2. The van der Waals surface area contributed by atoms with Crippen LogP contribution in [-0.2, 0) is 36.0 Å². The van der Waals surface area contributed by atoms with Gasteiger partial charge in [-0.25, -0.2) is 8.96 Å². The van der Waals surface area contributed by atoms with Crippen LogP contribution < -0.4 is 14.8 Å². The van der Waals surface area contributed by atoms with E-state index < -0.39 is 55.7 Å². The number of nitrogens with one attached hydrogen (secondary N) is 1. The first kappa shape index (κ1) is 28.0. The summed E-state index contributed by atoms with van der Waals surface area (Å²) in [7, 11) is -4.80. The Morgan fingerprint density at radius 2 is 1.85 bits per heavy atom. The topological polar surface area (TPSA) is 149 Å². The third-order valence-corrected chi connectivity index (χ3v) is 8.28. The lowest BCUT2D eigenvalue weighted by Crippen LogP contribution is -2.37. The summed E-state index contributed by atoms with van der Waals surface area (Å²) in [5.74, 6) is -1.60. The maximum atomic E-state index is 15.4. The number of amides is 1. The molecule has 3 heterocycles. The van der Waals surface area contributed by atoms with Crippen LogP contribution in [0.2, 0.25) is 0 Å². The highest BCUT2D eigenvalue weighted by atomic mass is 31.2. The van der Waals surface area contributed by atoms with Gasteiger partial charge >= 0.3 is 14.1 Å². The number of nitrogens with zero attached hydrogens (tertiary/aromatic N) is 1. The predicted octanol–water partition coefficient (Wildman–Crippen LogP) is 3.88. The van der Waals surface area contributed by atoms with Crippen LogP contribution in [0.3, 0.4) is 0 Å². The number of fused-ring (bicyclic) bond motifs is 4. The first-order valence-electron chi connectivity index (χ1n) is 12.7. The van der Waals surface area contributed by atoms with Crippen LogP contribution in [0, 0.1) is 5.82 Å². The molecule has 6 rings (SSSR count). The Morgan fingerprint density at radius 1 is 1.15 bits per heavy atom. The van der Waals surface area contributed by atoms with Gasteiger partial charge in [0, 0.05) is 17.1 Å². The van der Waals surface area contributed by atoms with Crippen LogP contribution in [0.25, 0.3) is 10.9 Å². The Bertz CT molecular complexity index is 1620. The maximum absolute atomic E-state index is 15.4. The van der Waals surface area contributed by atoms with Gasteiger partial charge in [-0.1, -0.05) is 6.07 Å². The highest BCUT2D eigenvalue weighted by Crippen LogP contribution is 2.52. The number of aromatic nitrogens is 1. The van der Waals surface area contributed by atoms with E-state index in [-0.39, 0.29) is 23.7 Å². The van der Waals surface area contributed by atoms with Crippen LogP contribution in [-0.4, -0.2) is 50.7 Å². The summed E-state index contributed by atoms with van der Waals surface area (Å²) in [6, 6.07) is 8.51. The zero-order valence-corrected chi connectivity index (χ0v) is 22.7. The molecule has 1 amide bonds. The zero-order valence-electron chi connectivity index (χ0n) is 21.8. The SMILES string of the molecule is CC1(C)c2cc3cc(NC(=O)C4(c5ccc6c(c5)OC(F)(F)O6)CC4)c(F)cc3n2CC(COP(=O)(O)O)OC1O. The van der Waals surface area contributed by atoms with Crippen molar-refractivity contribution in [1.29, 1.82) is 0 Å². The van der Waals surface area contributed by atoms with Crippen LogP contribution in [0.15, 0.2) is 36.4 Å². The van der Waals surface area contributed by atoms with E-state index in [1.165, 1.54) is 30.3 Å². The van der Waals surface area contributed by atoms with Crippen LogP contribution in [0.5, 0.6) is 11.5 Å². The Kier molecular flexibility index (Phi) is 6.27. The van der Waals surface area contributed by atoms with Crippen molar-refractivity contribution in [2.45, 2.75) is 62.8 Å². The Labute approximate surface area is 231 Å². The van der Waals surface area contributed by atoms with Crippen molar-refractivity contribution in [3.8, 4) is 11.5 Å². The average molecular weight is 598 g/mol. The molecule has 1 aliphatic carbocycles. The molecule has 41 heavy (non-hydrogen) atoms. The second-order valence-electron chi connectivity index (χ2n) is 11.0. The van der Waals surface area contributed by atoms with Gasteiger partial charge in [0.05, 0.1) is 35.2 Å². The second kappa shape index (κ2) is 9.18. The second-order valence-corrected chi connectivity index (χ2v) is 12.3. The third-order valence-electron chi connectivity index (χ3n) is 7.79. The lowest BCUT2D eigenvalue weighted by Gasteiger charge is -2.29. The Balaban J connectivity index is 1.29. The molecule has 0 radical (unpaired) electrons. The molecule has 2 aromatic carbocycles. The van der Waals surface area contributed by atoms with E-state index in [2.05, 4.69) is 19.3 Å². The zero-order chi connectivity index (χ0) is 29.5. The van der Waals surface area contributed by atoms with Gasteiger partial charge in [-0.2, -0.15) is 0 Å². The van der Waals surface area contributed by atoms with Crippen molar-refractivity contribution in [3.63, 3.8) is 0 Å². The maximum Gasteiger partial charge on any atom is 0.586 e. The van der Waals surface area contributed by atoms with Crippen LogP contribution >= 0.6 is 7.82 Å². The molecular weight excluding hydrogens is 572 g/mol. The van der Waals surface area contributed by atoms with Crippen molar-refractivity contribution in [3.05, 3.63) is 53.5 Å². The van der Waals surface area contributed by atoms with E-state index >= 15 is 4.39 Å². The minimum atomic E-state index is -4.80. The van der Waals surface area contributed by atoms with Gasteiger partial charge in [-0.3, -0.25) is 9.32 Å². The van der Waals surface area contributed by atoms with Gasteiger partial charge in [-0.05, 0) is 56.5 Å². The average Bonchev–Trinajstić information content (AvgIpc) is 3.54. The molecule has 1 aromatic heterocycles. The summed E-state index contributed by atoms with van der Waals surface area (Å²) < 4.78 is 74.3. The van der Waals surface area contributed by atoms with Gasteiger partial charge in [0.25, 0.3) is 0 Å². The van der Waals surface area contributed by atoms with E-state index in [0.29, 0.717) is 35.0 Å². The third kappa shape index (κ3) is 4.98. The monoisotopic (exact) mass is 598 g/mol. The molecule has 3 aliphatic rings. The fourth-order valence-corrected chi connectivity index (χ4v) is 5.73. The van der Waals surface area contributed by atoms with E-state index in [1.54, 1.807) is 24.5 Å². The van der Waals surface area contributed by atoms with Crippen molar-refractivity contribution in [2.24, 2.45) is 0 Å². The largest absolute Gasteiger partial charge is 0.586 e. The van der Waals surface area contributed by atoms with Crippen molar-refractivity contribution < 1.29 is 56.2 Å². The quantitative estimate of drug-likeness (QED) is 0.310. The summed E-state index contributed by atoms with van der Waals surface area (Å²) in [5.41, 5.74) is -0.753. The number of phosphoric ester groups is 1. The fourth-order valence-electron chi connectivity index (χ4n) is 5.37. The summed E-state index contributed by atoms with van der Waals surface area (Å²) in [6.45, 7) is 2.88. The molecule has 0 saturated heterocycles. The summed E-state index contributed by atoms with van der Waals surface area (Å²) in [6.07, 6.45) is -5.30. The number of aliphatic hydroxyl groups excluding tert-OH is 1. The molecule has 0 bridgehead atoms. The molecule has 15 heteroatoms. The number of carbonyl (C=O) groups excluding carboxylic acids is 1. The molecule has 4 N–H and O–H groups in total. The van der Waals surface area contributed by atoms with Crippen molar-refractivity contribution in [2.75, 3.05) is 11.9 Å². The first-order valence-corrected chi connectivity index (χ1v) is 14.2. The minimum Gasteiger partial charge on any atom is -0.395 e. The number of hydrogen-bond donors (Lipinski definition) is 4. The summed E-state index contributed by atoms with van der Waals surface area (Å²) >= 11 is 0. The number of anilines is 1. The van der Waals surface area contributed by atoms with E-state index in [0.717, 1.165) is 0 Å². The number of halogens is 3. The van der Waals surface area contributed by atoms with E-state index in [9.17, 15) is 23.2 Å². The molecule has 1 fully saturated rings. The Morgan fingerprint density at radius 3 is 2.54 bits per heavy atom. The van der Waals surface area contributed by atoms with Crippen molar-refractivity contribution >= 4 is 30.3 Å². The molecule has 11 nitrogen and oxygen atoms in total. The molecule has 220 valence electrons. The number of rotatable bonds is 6. The lowest BCUT2D eigenvalue weighted by atomic mass is 9.88. The lowest BCUT2D eigenvalue weighted by molar-refractivity contribution is -0.286. The first-order chi connectivity index (χ1) is 19.1. The van der Waals surface area contributed by atoms with E-state index in [4.69, 9.17) is 14.5 Å². The normalized spacial score (nSPS) is 23.6. The molecule has 1 saturated carbocycles. The number of aliphatic hydroxyl groups is 1. The Hall–Kier alpha value is -3.13. The predicted molar refractivity (Wildman–Crippen MR) is 136 cm³/mol. The summed E-state index contributed by atoms with van der Waals surface area (Å²) in [5, 5.41) is 13.9. The fraction of sp³-hybridized carbons (Fsp3) is 0.423. The highest BCUT2D eigenvalue weighted by molar-refractivity contribution is 7.46. The molecule has 2 aliphatic heterocycles. The number of hydrogen-bond acceptors (Lipinski definition) is 7. The molecule has 0 spiro atoms. The highest BCUT2D eigenvalue weighted by Gasteiger charge is 2.53. The smallest absolute Gasteiger partial charge is 0.395 e. The van der Waals surface area contributed by atoms with E-state index in [1.807, 2.05) is 0 Å². The number of carbonyl (C=O) groups is 1. The van der Waals surface area contributed by atoms with Gasteiger partial charge in [0.1, 0.15) is 11.9 Å². The van der Waals surface area contributed by atoms with Crippen LogP contribution in [0.1, 0.15) is 37.9 Å². The summed E-state index contributed by atoms with van der Waals surface area (Å²) in [4.78, 5) is 31.5. The van der Waals surface area contributed by atoms with Gasteiger partial charge in [0.2, 0.25) is 5.91 Å². The van der Waals surface area contributed by atoms with Crippen molar-refractivity contribution in [1.82, 2.24) is 4.57 Å². The standard InChI is InChI=1S/C26H26F3N2O9P/c1-24(2)21-8-13-7-17(16(27)10-18(13)31(21)11-15(38-23(24)33)12-37-41(34,35)36)30-22(32)25(5-6-25)14-3-4-19-20(9-14)40-26(28,29)39-19/h3-4,7-10,15,23,33H,5-6,11-12H2,1-2H3,(H,30,32)(H2,34,35,36). The van der Waals surface area contributed by atoms with Crippen LogP contribution in [0.4, 0.5) is 18.9 Å². The number of phosphoric acid groups is 1. The molecule has 2 atom stereocenters. The van der Waals surface area contributed by atoms with Gasteiger partial charge in [-0.15, -0.1) is 8.78 Å². The molecule has 2 unspecified atom stereocenters. The van der Waals surface area contributed by atoms with Gasteiger partial charge in [0.15, 0.2) is 17.8 Å². The van der Waals surface area contributed by atoms with Gasteiger partial charge < -0.3 is 39.0 Å². The number of ether oxygens (including phenoxy) is 3. The molecular formula is C26H26F3N2O9P. The number of benzene rings is 2. The molecule has 3 aromatic rings. The minimum absolute atomic E-state index is 0.00323.